The molecule has 0 heterocycles. The van der Waals surface area contributed by atoms with E-state index in [0.717, 1.165) is 24.4 Å². The van der Waals surface area contributed by atoms with Gasteiger partial charge in [0.05, 0.1) is 12.3 Å². The van der Waals surface area contributed by atoms with Gasteiger partial charge in [0.25, 0.3) is 0 Å². The number of hydrogen-bond acceptors (Lipinski definition) is 2. The molecule has 0 saturated heterocycles. The van der Waals surface area contributed by atoms with Gasteiger partial charge in [-0.05, 0) is 37.1 Å². The Morgan fingerprint density at radius 2 is 2.00 bits per heavy atom. The minimum Gasteiger partial charge on any atom is -0.491 e. The van der Waals surface area contributed by atoms with Gasteiger partial charge in [0, 0.05) is 11.6 Å². The molecule has 0 saturated carbocycles. The fourth-order valence-corrected chi connectivity index (χ4v) is 2.17. The van der Waals surface area contributed by atoms with Crippen LogP contribution in [0.2, 0.25) is 5.02 Å². The van der Waals surface area contributed by atoms with Crippen molar-refractivity contribution in [1.82, 2.24) is 0 Å². The summed E-state index contributed by atoms with van der Waals surface area (Å²) in [6, 6.07) is 14.1. The summed E-state index contributed by atoms with van der Waals surface area (Å²) < 4.78 is 5.73. The number of halogens is 1. The van der Waals surface area contributed by atoms with Crippen molar-refractivity contribution in [3.05, 3.63) is 58.6 Å². The number of benzene rings is 2. The Hall–Kier alpha value is -1.67. The summed E-state index contributed by atoms with van der Waals surface area (Å²) in [6.45, 7) is 5.65. The van der Waals surface area contributed by atoms with Crippen LogP contribution in [-0.4, -0.2) is 6.61 Å². The second-order valence-corrected chi connectivity index (χ2v) is 5.27. The Kier molecular flexibility index (Phi) is 5.31. The zero-order valence-electron chi connectivity index (χ0n) is 11.9. The fraction of sp³-hybridized carbons (Fsp3) is 0.294. The lowest BCUT2D eigenvalue weighted by atomic mass is 10.1. The summed E-state index contributed by atoms with van der Waals surface area (Å²) >= 11 is 6.06. The second-order valence-electron chi connectivity index (χ2n) is 4.83. The Morgan fingerprint density at radius 1 is 1.15 bits per heavy atom. The van der Waals surface area contributed by atoms with Crippen molar-refractivity contribution in [2.75, 3.05) is 11.9 Å². The molecule has 0 amide bonds. The quantitative estimate of drug-likeness (QED) is 0.803. The topological polar surface area (TPSA) is 21.3 Å². The predicted molar refractivity (Wildman–Crippen MR) is 85.7 cm³/mol. The standard InChI is InChI=1S/C17H20ClNO/c1-3-9-20-17-8-7-15(18)11-16(17)19-12-14-6-4-5-13(2)10-14/h4-8,10-11,19H,3,9,12H2,1-2H3. The van der Waals surface area contributed by atoms with Gasteiger partial charge in [-0.25, -0.2) is 0 Å². The molecule has 0 spiro atoms. The van der Waals surface area contributed by atoms with Gasteiger partial charge in [-0.15, -0.1) is 0 Å². The zero-order valence-corrected chi connectivity index (χ0v) is 12.7. The fourth-order valence-electron chi connectivity index (χ4n) is 2.00. The highest BCUT2D eigenvalue weighted by Gasteiger charge is 2.04. The number of rotatable bonds is 6. The van der Waals surface area contributed by atoms with Gasteiger partial charge in [0.15, 0.2) is 0 Å². The monoisotopic (exact) mass is 289 g/mol. The van der Waals surface area contributed by atoms with Gasteiger partial charge >= 0.3 is 0 Å². The highest BCUT2D eigenvalue weighted by molar-refractivity contribution is 6.30. The molecule has 0 aromatic heterocycles. The number of ether oxygens (including phenoxy) is 1. The van der Waals surface area contributed by atoms with Gasteiger partial charge in [0.1, 0.15) is 5.75 Å². The van der Waals surface area contributed by atoms with Crippen molar-refractivity contribution in [2.24, 2.45) is 0 Å². The van der Waals surface area contributed by atoms with Crippen molar-refractivity contribution >= 4 is 17.3 Å². The number of aryl methyl sites for hydroxylation is 1. The van der Waals surface area contributed by atoms with Crippen molar-refractivity contribution < 1.29 is 4.74 Å². The predicted octanol–water partition coefficient (Wildman–Crippen LogP) is 5.05. The maximum Gasteiger partial charge on any atom is 0.142 e. The first-order valence-electron chi connectivity index (χ1n) is 6.91. The van der Waals surface area contributed by atoms with Crippen LogP contribution >= 0.6 is 11.6 Å². The number of nitrogens with one attached hydrogen (secondary N) is 1. The molecule has 20 heavy (non-hydrogen) atoms. The summed E-state index contributed by atoms with van der Waals surface area (Å²) in [5, 5.41) is 4.11. The van der Waals surface area contributed by atoms with E-state index in [0.29, 0.717) is 11.6 Å². The van der Waals surface area contributed by atoms with Crippen LogP contribution in [0.4, 0.5) is 5.69 Å². The van der Waals surface area contributed by atoms with Crippen LogP contribution < -0.4 is 10.1 Å². The molecule has 106 valence electrons. The maximum absolute atomic E-state index is 6.06. The lowest BCUT2D eigenvalue weighted by Crippen LogP contribution is -2.03. The average molecular weight is 290 g/mol. The highest BCUT2D eigenvalue weighted by Crippen LogP contribution is 2.28. The lowest BCUT2D eigenvalue weighted by Gasteiger charge is -2.13. The molecule has 2 aromatic carbocycles. The molecule has 0 atom stereocenters. The van der Waals surface area contributed by atoms with Gasteiger partial charge < -0.3 is 10.1 Å². The van der Waals surface area contributed by atoms with E-state index >= 15 is 0 Å². The van der Waals surface area contributed by atoms with E-state index < -0.39 is 0 Å². The Labute approximate surface area is 125 Å². The molecule has 3 heteroatoms. The molecule has 2 rings (SSSR count). The molecule has 2 nitrogen and oxygen atoms in total. The molecular formula is C17H20ClNO. The summed E-state index contributed by atoms with van der Waals surface area (Å²) in [5.41, 5.74) is 3.44. The van der Waals surface area contributed by atoms with Gasteiger partial charge in [-0.1, -0.05) is 48.4 Å². The summed E-state index contributed by atoms with van der Waals surface area (Å²) in [6.07, 6.45) is 0.986. The van der Waals surface area contributed by atoms with Crippen LogP contribution in [0.3, 0.4) is 0 Å². The molecule has 0 radical (unpaired) electrons. The summed E-state index contributed by atoms with van der Waals surface area (Å²) in [7, 11) is 0. The molecular weight excluding hydrogens is 270 g/mol. The summed E-state index contributed by atoms with van der Waals surface area (Å²) in [4.78, 5) is 0. The zero-order chi connectivity index (χ0) is 14.4. The Morgan fingerprint density at radius 3 is 2.75 bits per heavy atom. The first kappa shape index (κ1) is 14.7. The minimum atomic E-state index is 0.709. The van der Waals surface area contributed by atoms with Crippen molar-refractivity contribution in [2.45, 2.75) is 26.8 Å². The molecule has 0 aliphatic heterocycles. The third-order valence-electron chi connectivity index (χ3n) is 2.97. The van der Waals surface area contributed by atoms with Crippen molar-refractivity contribution in [3.63, 3.8) is 0 Å². The van der Waals surface area contributed by atoms with E-state index in [-0.39, 0.29) is 0 Å². The van der Waals surface area contributed by atoms with Crippen LogP contribution in [0.25, 0.3) is 0 Å². The number of hydrogen-bond donors (Lipinski definition) is 1. The van der Waals surface area contributed by atoms with Crippen molar-refractivity contribution in [1.29, 1.82) is 0 Å². The van der Waals surface area contributed by atoms with Crippen LogP contribution in [-0.2, 0) is 6.54 Å². The minimum absolute atomic E-state index is 0.709. The lowest BCUT2D eigenvalue weighted by molar-refractivity contribution is 0.319. The van der Waals surface area contributed by atoms with E-state index in [1.807, 2.05) is 18.2 Å². The Bertz CT molecular complexity index is 569. The third-order valence-corrected chi connectivity index (χ3v) is 3.20. The normalized spacial score (nSPS) is 10.3. The third kappa shape index (κ3) is 4.17. The van der Waals surface area contributed by atoms with Crippen LogP contribution in [0.5, 0.6) is 5.75 Å². The first-order chi connectivity index (χ1) is 9.69. The summed E-state index contributed by atoms with van der Waals surface area (Å²) in [5.74, 6) is 0.851. The van der Waals surface area contributed by atoms with E-state index in [4.69, 9.17) is 16.3 Å². The Balaban J connectivity index is 2.09. The van der Waals surface area contributed by atoms with E-state index in [1.54, 1.807) is 0 Å². The van der Waals surface area contributed by atoms with E-state index in [9.17, 15) is 0 Å². The molecule has 0 bridgehead atoms. The van der Waals surface area contributed by atoms with E-state index in [2.05, 4.69) is 43.4 Å². The van der Waals surface area contributed by atoms with Gasteiger partial charge in [-0.2, -0.15) is 0 Å². The molecule has 1 N–H and O–H groups in total. The molecule has 0 unspecified atom stereocenters. The first-order valence-corrected chi connectivity index (χ1v) is 7.28. The van der Waals surface area contributed by atoms with E-state index in [1.165, 1.54) is 11.1 Å². The highest BCUT2D eigenvalue weighted by atomic mass is 35.5. The largest absolute Gasteiger partial charge is 0.491 e. The van der Waals surface area contributed by atoms with Crippen LogP contribution in [0.1, 0.15) is 24.5 Å². The molecule has 0 aliphatic carbocycles. The van der Waals surface area contributed by atoms with Gasteiger partial charge in [0.2, 0.25) is 0 Å². The van der Waals surface area contributed by atoms with Gasteiger partial charge in [-0.3, -0.25) is 0 Å². The van der Waals surface area contributed by atoms with Crippen LogP contribution in [0, 0.1) is 6.92 Å². The smallest absolute Gasteiger partial charge is 0.142 e. The molecule has 0 aliphatic rings. The SMILES string of the molecule is CCCOc1ccc(Cl)cc1NCc1cccc(C)c1. The molecule has 2 aromatic rings. The second kappa shape index (κ2) is 7.20. The molecule has 0 fully saturated rings. The van der Waals surface area contributed by atoms with Crippen molar-refractivity contribution in [3.8, 4) is 5.75 Å². The maximum atomic E-state index is 6.06. The number of anilines is 1. The average Bonchev–Trinajstić information content (AvgIpc) is 2.44. The van der Waals surface area contributed by atoms with Crippen LogP contribution in [0.15, 0.2) is 42.5 Å².